The van der Waals surface area contributed by atoms with Crippen molar-refractivity contribution in [2.75, 3.05) is 19.6 Å². The zero-order valence-electron chi connectivity index (χ0n) is 16.4. The fourth-order valence-corrected chi connectivity index (χ4v) is 4.97. The standard InChI is InChI=1S/C25H21N3O2/c29-24-22-14-28(13-19(22)12-27-24)25(30)18-7-5-15-10-17(6-4-16(15)11-18)20-2-1-3-23-21(20)8-9-26-23/h1-11,19,22,26H,12-14H2,(H,27,29)/t19-,22+/m0/s1. The summed E-state index contributed by atoms with van der Waals surface area (Å²) in [6.45, 7) is 1.86. The summed E-state index contributed by atoms with van der Waals surface area (Å²) >= 11 is 0. The monoisotopic (exact) mass is 395 g/mol. The molecule has 148 valence electrons. The number of H-pyrrole nitrogens is 1. The minimum absolute atomic E-state index is 0.0141. The highest BCUT2D eigenvalue weighted by atomic mass is 16.2. The fourth-order valence-electron chi connectivity index (χ4n) is 4.97. The third-order valence-corrected chi connectivity index (χ3v) is 6.60. The first-order valence-corrected chi connectivity index (χ1v) is 10.3. The van der Waals surface area contributed by atoms with Crippen LogP contribution >= 0.6 is 0 Å². The van der Waals surface area contributed by atoms with Crippen LogP contribution in [0.25, 0.3) is 32.8 Å². The summed E-state index contributed by atoms with van der Waals surface area (Å²) in [5.74, 6) is 0.299. The van der Waals surface area contributed by atoms with Crippen molar-refractivity contribution in [1.82, 2.24) is 15.2 Å². The van der Waals surface area contributed by atoms with Crippen molar-refractivity contribution < 1.29 is 9.59 Å². The summed E-state index contributed by atoms with van der Waals surface area (Å²) in [5, 5.41) is 6.25. The van der Waals surface area contributed by atoms with Gasteiger partial charge in [0.15, 0.2) is 0 Å². The van der Waals surface area contributed by atoms with Crippen LogP contribution in [-0.2, 0) is 4.79 Å². The Bertz CT molecular complexity index is 1320. The zero-order chi connectivity index (χ0) is 20.2. The number of aromatic amines is 1. The Kier molecular flexibility index (Phi) is 3.72. The molecular formula is C25H21N3O2. The van der Waals surface area contributed by atoms with Crippen molar-refractivity contribution in [1.29, 1.82) is 0 Å². The van der Waals surface area contributed by atoms with E-state index in [0.29, 0.717) is 25.2 Å². The van der Waals surface area contributed by atoms with Gasteiger partial charge in [-0.05, 0) is 52.2 Å². The molecule has 2 aliphatic rings. The number of likely N-dealkylation sites (tertiary alicyclic amines) is 1. The molecule has 2 fully saturated rings. The first kappa shape index (κ1) is 17.3. The van der Waals surface area contributed by atoms with Gasteiger partial charge >= 0.3 is 0 Å². The highest BCUT2D eigenvalue weighted by Gasteiger charge is 2.43. The molecule has 2 saturated heterocycles. The quantitative estimate of drug-likeness (QED) is 0.542. The van der Waals surface area contributed by atoms with Crippen molar-refractivity contribution >= 4 is 33.5 Å². The van der Waals surface area contributed by atoms with Gasteiger partial charge in [-0.3, -0.25) is 9.59 Å². The number of carbonyl (C=O) groups is 2. The SMILES string of the molecule is O=C1NC[C@H]2CN(C(=O)c3ccc4cc(-c5cccc6[nH]ccc56)ccc4c3)C[C@@H]12. The molecular weight excluding hydrogens is 374 g/mol. The summed E-state index contributed by atoms with van der Waals surface area (Å²) in [6, 6.07) is 20.6. The van der Waals surface area contributed by atoms with Gasteiger partial charge in [-0.2, -0.15) is 0 Å². The van der Waals surface area contributed by atoms with Crippen LogP contribution in [0.4, 0.5) is 0 Å². The molecule has 2 aliphatic heterocycles. The molecule has 6 rings (SSSR count). The van der Waals surface area contributed by atoms with Gasteiger partial charge in [0, 0.05) is 48.2 Å². The Labute approximate surface area is 173 Å². The molecule has 5 heteroatoms. The minimum atomic E-state index is -0.0481. The number of carbonyl (C=O) groups excluding carboxylic acids is 2. The molecule has 3 heterocycles. The minimum Gasteiger partial charge on any atom is -0.361 e. The molecule has 0 saturated carbocycles. The fraction of sp³-hybridized carbons (Fsp3) is 0.200. The van der Waals surface area contributed by atoms with Crippen molar-refractivity contribution in [3.05, 3.63) is 72.4 Å². The third-order valence-electron chi connectivity index (χ3n) is 6.60. The second kappa shape index (κ2) is 6.46. The normalized spacial score (nSPS) is 20.7. The Morgan fingerprint density at radius 3 is 2.73 bits per heavy atom. The number of nitrogens with zero attached hydrogens (tertiary/aromatic N) is 1. The van der Waals surface area contributed by atoms with Crippen LogP contribution in [0.1, 0.15) is 10.4 Å². The lowest BCUT2D eigenvalue weighted by atomic mass is 9.97. The van der Waals surface area contributed by atoms with Crippen LogP contribution < -0.4 is 5.32 Å². The van der Waals surface area contributed by atoms with Crippen molar-refractivity contribution in [3.8, 4) is 11.1 Å². The van der Waals surface area contributed by atoms with Gasteiger partial charge in [0.1, 0.15) is 0 Å². The lowest BCUT2D eigenvalue weighted by molar-refractivity contribution is -0.122. The van der Waals surface area contributed by atoms with E-state index in [2.05, 4.69) is 52.8 Å². The van der Waals surface area contributed by atoms with Crippen molar-refractivity contribution in [2.24, 2.45) is 11.8 Å². The smallest absolute Gasteiger partial charge is 0.253 e. The van der Waals surface area contributed by atoms with E-state index in [1.54, 1.807) is 0 Å². The first-order valence-electron chi connectivity index (χ1n) is 10.3. The van der Waals surface area contributed by atoms with E-state index in [-0.39, 0.29) is 23.7 Å². The molecule has 2 N–H and O–H groups in total. The Morgan fingerprint density at radius 2 is 1.83 bits per heavy atom. The maximum Gasteiger partial charge on any atom is 0.253 e. The van der Waals surface area contributed by atoms with E-state index in [4.69, 9.17) is 0 Å². The molecule has 1 aromatic heterocycles. The molecule has 0 radical (unpaired) electrons. The lowest BCUT2D eigenvalue weighted by Crippen LogP contribution is -2.33. The maximum absolute atomic E-state index is 13.0. The van der Waals surface area contributed by atoms with Crippen LogP contribution in [0.3, 0.4) is 0 Å². The molecule has 0 bridgehead atoms. The van der Waals surface area contributed by atoms with E-state index < -0.39 is 0 Å². The molecule has 2 atom stereocenters. The maximum atomic E-state index is 13.0. The number of fused-ring (bicyclic) bond motifs is 3. The van der Waals surface area contributed by atoms with E-state index >= 15 is 0 Å². The number of rotatable bonds is 2. The number of aromatic nitrogens is 1. The number of hydrogen-bond acceptors (Lipinski definition) is 2. The van der Waals surface area contributed by atoms with Gasteiger partial charge in [0.05, 0.1) is 5.92 Å². The van der Waals surface area contributed by atoms with Gasteiger partial charge in [0.2, 0.25) is 5.91 Å². The summed E-state index contributed by atoms with van der Waals surface area (Å²) in [4.78, 5) is 30.0. The Hall–Kier alpha value is -3.60. The molecule has 30 heavy (non-hydrogen) atoms. The van der Waals surface area contributed by atoms with Gasteiger partial charge in [-0.25, -0.2) is 0 Å². The number of benzene rings is 3. The van der Waals surface area contributed by atoms with E-state index in [1.807, 2.05) is 29.3 Å². The lowest BCUT2D eigenvalue weighted by Gasteiger charge is -2.17. The number of hydrogen-bond donors (Lipinski definition) is 2. The Morgan fingerprint density at radius 1 is 0.967 bits per heavy atom. The van der Waals surface area contributed by atoms with Crippen LogP contribution in [0.5, 0.6) is 0 Å². The van der Waals surface area contributed by atoms with Gasteiger partial charge in [-0.15, -0.1) is 0 Å². The zero-order valence-corrected chi connectivity index (χ0v) is 16.4. The van der Waals surface area contributed by atoms with Gasteiger partial charge in [-0.1, -0.05) is 30.3 Å². The topological polar surface area (TPSA) is 65.2 Å². The second-order valence-electron chi connectivity index (χ2n) is 8.34. The second-order valence-corrected chi connectivity index (χ2v) is 8.34. The molecule has 0 aliphatic carbocycles. The molecule has 2 amide bonds. The van der Waals surface area contributed by atoms with Crippen molar-refractivity contribution in [2.45, 2.75) is 0 Å². The molecule has 3 aromatic carbocycles. The molecule has 4 aromatic rings. The van der Waals surface area contributed by atoms with Crippen LogP contribution in [0, 0.1) is 11.8 Å². The predicted octanol–water partition coefficient (Wildman–Crippen LogP) is 3.81. The summed E-state index contributed by atoms with van der Waals surface area (Å²) in [6.07, 6.45) is 1.96. The van der Waals surface area contributed by atoms with Crippen LogP contribution in [0.15, 0.2) is 66.9 Å². The van der Waals surface area contributed by atoms with E-state index in [1.165, 1.54) is 10.9 Å². The summed E-state index contributed by atoms with van der Waals surface area (Å²) in [7, 11) is 0. The molecule has 5 nitrogen and oxygen atoms in total. The number of amides is 2. The largest absolute Gasteiger partial charge is 0.361 e. The van der Waals surface area contributed by atoms with Gasteiger partial charge < -0.3 is 15.2 Å². The summed E-state index contributed by atoms with van der Waals surface area (Å²) < 4.78 is 0. The summed E-state index contributed by atoms with van der Waals surface area (Å²) in [5.41, 5.74) is 4.16. The third kappa shape index (κ3) is 2.62. The van der Waals surface area contributed by atoms with E-state index in [9.17, 15) is 9.59 Å². The van der Waals surface area contributed by atoms with Crippen LogP contribution in [-0.4, -0.2) is 41.3 Å². The highest BCUT2D eigenvalue weighted by molar-refractivity contribution is 6.01. The average Bonchev–Trinajstić information content (AvgIpc) is 3.49. The molecule has 0 unspecified atom stereocenters. The average molecular weight is 395 g/mol. The van der Waals surface area contributed by atoms with Crippen molar-refractivity contribution in [3.63, 3.8) is 0 Å². The van der Waals surface area contributed by atoms with Crippen LogP contribution in [0.2, 0.25) is 0 Å². The van der Waals surface area contributed by atoms with Gasteiger partial charge in [0.25, 0.3) is 5.91 Å². The van der Waals surface area contributed by atoms with E-state index in [0.717, 1.165) is 21.9 Å². The molecule has 0 spiro atoms. The highest BCUT2D eigenvalue weighted by Crippen LogP contribution is 2.32. The Balaban J connectivity index is 1.32. The number of nitrogens with one attached hydrogen (secondary N) is 2. The predicted molar refractivity (Wildman–Crippen MR) is 117 cm³/mol. The first-order chi connectivity index (χ1) is 14.7.